The number of rotatable bonds is 7. The third-order valence-corrected chi connectivity index (χ3v) is 7.20. The Labute approximate surface area is 219 Å². The van der Waals surface area contributed by atoms with E-state index in [0.29, 0.717) is 30.7 Å². The minimum atomic E-state index is -4.90. The number of halogens is 3. The van der Waals surface area contributed by atoms with Gasteiger partial charge >= 0.3 is 6.36 Å². The fraction of sp³-hybridized carbons (Fsp3) is 0.414. The Morgan fingerprint density at radius 1 is 1.03 bits per heavy atom. The predicted molar refractivity (Wildman–Crippen MR) is 136 cm³/mol. The van der Waals surface area contributed by atoms with Gasteiger partial charge in [0.05, 0.1) is 11.3 Å². The van der Waals surface area contributed by atoms with Gasteiger partial charge in [-0.3, -0.25) is 9.59 Å². The molecule has 3 atom stereocenters. The second-order valence-electron chi connectivity index (χ2n) is 9.91. The van der Waals surface area contributed by atoms with Crippen molar-refractivity contribution >= 4 is 11.6 Å². The first-order valence-corrected chi connectivity index (χ1v) is 12.7. The standard InChI is InChI=1S/C29H31F3N2O4/c1-18-15-23-26(24(36)16-21(11-8-14-35)27(37)19(18)2)34(17-20-9-4-3-5-10-20)28(33-23)22-12-6-7-13-25(22)38-29(30,31)32/h3-7,9-10,12-13,18-19,21,35H,8,11,14-17H2,1-2H3/t18?,19-,21?/m0/s1. The van der Waals surface area contributed by atoms with E-state index in [1.54, 1.807) is 10.6 Å². The first-order chi connectivity index (χ1) is 18.1. The van der Waals surface area contributed by atoms with Crippen molar-refractivity contribution < 1.29 is 32.6 Å². The van der Waals surface area contributed by atoms with Crippen molar-refractivity contribution in [3.05, 3.63) is 71.5 Å². The Kier molecular flexibility index (Phi) is 8.35. The predicted octanol–water partition coefficient (Wildman–Crippen LogP) is 5.86. The largest absolute Gasteiger partial charge is 0.573 e. The van der Waals surface area contributed by atoms with Crippen LogP contribution >= 0.6 is 0 Å². The van der Waals surface area contributed by atoms with E-state index in [9.17, 15) is 27.9 Å². The van der Waals surface area contributed by atoms with Crippen molar-refractivity contribution in [1.82, 2.24) is 9.55 Å². The molecule has 0 amide bonds. The van der Waals surface area contributed by atoms with Gasteiger partial charge in [-0.15, -0.1) is 13.2 Å². The molecule has 1 heterocycles. The summed E-state index contributed by atoms with van der Waals surface area (Å²) >= 11 is 0. The van der Waals surface area contributed by atoms with Crippen molar-refractivity contribution in [1.29, 1.82) is 0 Å². The summed E-state index contributed by atoms with van der Waals surface area (Å²) in [6, 6.07) is 15.0. The summed E-state index contributed by atoms with van der Waals surface area (Å²) in [5.41, 5.74) is 1.71. The number of carbonyl (C=O) groups excluding carboxylic acids is 2. The lowest BCUT2D eigenvalue weighted by Gasteiger charge is -2.22. The Bertz CT molecular complexity index is 1290. The second-order valence-corrected chi connectivity index (χ2v) is 9.91. The van der Waals surface area contributed by atoms with Crippen LogP contribution in [0.4, 0.5) is 13.2 Å². The molecule has 38 heavy (non-hydrogen) atoms. The lowest BCUT2D eigenvalue weighted by molar-refractivity contribution is -0.274. The molecular weight excluding hydrogens is 497 g/mol. The number of nitrogens with zero attached hydrogens (tertiary/aromatic N) is 2. The number of aliphatic hydroxyl groups excluding tert-OH is 1. The van der Waals surface area contributed by atoms with Crippen LogP contribution in [0.15, 0.2) is 54.6 Å². The number of hydrogen-bond donors (Lipinski definition) is 1. The van der Waals surface area contributed by atoms with E-state index in [0.717, 1.165) is 5.56 Å². The molecule has 0 saturated heterocycles. The number of hydrogen-bond acceptors (Lipinski definition) is 5. The highest BCUT2D eigenvalue weighted by molar-refractivity contribution is 6.00. The molecule has 0 saturated carbocycles. The van der Waals surface area contributed by atoms with E-state index in [1.807, 2.05) is 44.2 Å². The van der Waals surface area contributed by atoms with Gasteiger partial charge in [-0.2, -0.15) is 0 Å². The topological polar surface area (TPSA) is 81.4 Å². The zero-order valence-electron chi connectivity index (χ0n) is 21.4. The highest BCUT2D eigenvalue weighted by Gasteiger charge is 2.37. The Balaban J connectivity index is 1.90. The van der Waals surface area contributed by atoms with E-state index in [1.165, 1.54) is 18.2 Å². The number of alkyl halides is 3. The number of fused-ring (bicyclic) bond motifs is 1. The van der Waals surface area contributed by atoms with Gasteiger partial charge in [-0.05, 0) is 42.9 Å². The highest BCUT2D eigenvalue weighted by Crippen LogP contribution is 2.37. The maximum atomic E-state index is 13.8. The Morgan fingerprint density at radius 3 is 2.39 bits per heavy atom. The van der Waals surface area contributed by atoms with Crippen LogP contribution < -0.4 is 4.74 Å². The number of aliphatic hydroxyl groups is 1. The summed E-state index contributed by atoms with van der Waals surface area (Å²) in [5.74, 6) is -1.56. The molecule has 0 radical (unpaired) electrons. The zero-order valence-corrected chi connectivity index (χ0v) is 21.4. The average Bonchev–Trinajstić information content (AvgIpc) is 3.23. The van der Waals surface area contributed by atoms with E-state index < -0.39 is 18.0 Å². The number of benzene rings is 2. The summed E-state index contributed by atoms with van der Waals surface area (Å²) in [4.78, 5) is 31.8. The lowest BCUT2D eigenvalue weighted by Crippen LogP contribution is -2.28. The van der Waals surface area contributed by atoms with Gasteiger partial charge in [0.15, 0.2) is 5.78 Å². The number of aromatic nitrogens is 2. The van der Waals surface area contributed by atoms with Crippen molar-refractivity contribution in [2.45, 2.75) is 52.4 Å². The summed E-state index contributed by atoms with van der Waals surface area (Å²) < 4.78 is 45.7. The minimum absolute atomic E-state index is 0.0109. The molecule has 0 bridgehead atoms. The molecule has 1 N–H and O–H groups in total. The number of Topliss-reactive ketones (excluding diaryl/α,β-unsaturated/α-hetero) is 2. The molecule has 1 aliphatic carbocycles. The van der Waals surface area contributed by atoms with Crippen LogP contribution in [0.1, 0.15) is 54.9 Å². The second kappa shape index (κ2) is 11.5. The number of imidazole rings is 1. The summed E-state index contributed by atoms with van der Waals surface area (Å²) in [6.07, 6.45) is -3.86. The van der Waals surface area contributed by atoms with Crippen molar-refractivity contribution in [2.75, 3.05) is 6.61 Å². The number of ketones is 2. The molecular formula is C29H31F3N2O4. The molecule has 4 rings (SSSR count). The fourth-order valence-electron chi connectivity index (χ4n) is 5.08. The molecule has 3 aromatic rings. The Hall–Kier alpha value is -3.46. The maximum Gasteiger partial charge on any atom is 0.573 e. The quantitative estimate of drug-likeness (QED) is 0.416. The smallest absolute Gasteiger partial charge is 0.405 e. The van der Waals surface area contributed by atoms with Crippen LogP contribution in [-0.4, -0.2) is 39.2 Å². The van der Waals surface area contributed by atoms with Crippen LogP contribution in [0.5, 0.6) is 5.75 Å². The van der Waals surface area contributed by atoms with Crippen LogP contribution in [0.25, 0.3) is 11.4 Å². The van der Waals surface area contributed by atoms with Crippen LogP contribution in [0.2, 0.25) is 0 Å². The lowest BCUT2D eigenvalue weighted by atomic mass is 9.81. The third kappa shape index (κ3) is 6.15. The molecule has 0 aliphatic heterocycles. The van der Waals surface area contributed by atoms with E-state index in [-0.39, 0.29) is 54.4 Å². The third-order valence-electron chi connectivity index (χ3n) is 7.20. The average molecular weight is 529 g/mol. The molecule has 202 valence electrons. The molecule has 9 heteroatoms. The van der Waals surface area contributed by atoms with E-state index in [4.69, 9.17) is 4.98 Å². The molecule has 2 unspecified atom stereocenters. The van der Waals surface area contributed by atoms with Gasteiger partial charge < -0.3 is 14.4 Å². The van der Waals surface area contributed by atoms with Gasteiger partial charge in [0.1, 0.15) is 23.1 Å². The van der Waals surface area contributed by atoms with Gasteiger partial charge in [-0.25, -0.2) is 4.98 Å². The molecule has 1 aromatic heterocycles. The van der Waals surface area contributed by atoms with E-state index >= 15 is 0 Å². The van der Waals surface area contributed by atoms with Crippen molar-refractivity contribution in [3.63, 3.8) is 0 Å². The normalized spacial score (nSPS) is 20.4. The van der Waals surface area contributed by atoms with Gasteiger partial charge in [-0.1, -0.05) is 56.3 Å². The molecule has 2 aromatic carbocycles. The van der Waals surface area contributed by atoms with Crippen LogP contribution in [-0.2, 0) is 17.8 Å². The number of para-hydroxylation sites is 1. The van der Waals surface area contributed by atoms with Crippen molar-refractivity contribution in [2.24, 2.45) is 17.8 Å². The maximum absolute atomic E-state index is 13.8. The van der Waals surface area contributed by atoms with Gasteiger partial charge in [0.25, 0.3) is 0 Å². The van der Waals surface area contributed by atoms with Crippen molar-refractivity contribution in [3.8, 4) is 17.1 Å². The van der Waals surface area contributed by atoms with Gasteiger partial charge in [0, 0.05) is 31.4 Å². The minimum Gasteiger partial charge on any atom is -0.405 e. The van der Waals surface area contributed by atoms with E-state index in [2.05, 4.69) is 4.74 Å². The SMILES string of the molecule is CC1Cc2nc(-c3ccccc3OC(F)(F)F)n(Cc3ccccc3)c2C(=O)CC(CCCO)C(=O)[C@H]1C. The highest BCUT2D eigenvalue weighted by atomic mass is 19.4. The first-order valence-electron chi connectivity index (χ1n) is 12.7. The summed E-state index contributed by atoms with van der Waals surface area (Å²) in [5, 5.41) is 9.35. The molecule has 6 nitrogen and oxygen atoms in total. The summed E-state index contributed by atoms with van der Waals surface area (Å²) in [6.45, 7) is 3.87. The number of carbonyl (C=O) groups is 2. The molecule has 1 aliphatic rings. The molecule has 0 spiro atoms. The number of ether oxygens (including phenoxy) is 1. The fourth-order valence-corrected chi connectivity index (χ4v) is 5.08. The van der Waals surface area contributed by atoms with Crippen LogP contribution in [0.3, 0.4) is 0 Å². The Morgan fingerprint density at radius 2 is 1.71 bits per heavy atom. The molecule has 0 fully saturated rings. The van der Waals surface area contributed by atoms with Gasteiger partial charge in [0.2, 0.25) is 0 Å². The van der Waals surface area contributed by atoms with Crippen LogP contribution in [0, 0.1) is 17.8 Å². The zero-order chi connectivity index (χ0) is 27.4. The first kappa shape index (κ1) is 27.6. The summed E-state index contributed by atoms with van der Waals surface area (Å²) in [7, 11) is 0. The monoisotopic (exact) mass is 528 g/mol.